The lowest BCUT2D eigenvalue weighted by Gasteiger charge is -2.27. The van der Waals surface area contributed by atoms with Gasteiger partial charge in [-0.3, -0.25) is 0 Å². The molecule has 2 fully saturated rings. The molecule has 2 N–H and O–H groups in total. The maximum absolute atomic E-state index is 12.1. The molecular formula is C14H24N2O4. The number of amides is 2. The first-order chi connectivity index (χ1) is 9.68. The van der Waals surface area contributed by atoms with Gasteiger partial charge in [-0.05, 0) is 31.6 Å². The molecule has 0 radical (unpaired) electrons. The van der Waals surface area contributed by atoms with Gasteiger partial charge in [0.15, 0.2) is 0 Å². The van der Waals surface area contributed by atoms with Crippen LogP contribution in [0.2, 0.25) is 0 Å². The zero-order chi connectivity index (χ0) is 14.4. The summed E-state index contributed by atoms with van der Waals surface area (Å²) in [6, 6.07) is -0.973. The van der Waals surface area contributed by atoms with E-state index in [4.69, 9.17) is 4.74 Å². The number of carboxylic acid groups (broad SMARTS) is 1. The first-order valence-electron chi connectivity index (χ1n) is 7.53. The number of urea groups is 1. The third kappa shape index (κ3) is 4.67. The Labute approximate surface area is 119 Å². The van der Waals surface area contributed by atoms with Crippen molar-refractivity contribution in [2.45, 2.75) is 44.6 Å². The van der Waals surface area contributed by atoms with Crippen LogP contribution in [0, 0.1) is 5.92 Å². The second-order valence-electron chi connectivity index (χ2n) is 5.65. The minimum atomic E-state index is -0.910. The molecule has 0 aromatic heterocycles. The fourth-order valence-electron chi connectivity index (χ4n) is 2.47. The van der Waals surface area contributed by atoms with Gasteiger partial charge in [0.2, 0.25) is 0 Å². The maximum Gasteiger partial charge on any atom is 0.326 e. The summed E-state index contributed by atoms with van der Waals surface area (Å²) in [6.07, 6.45) is 5.76. The highest BCUT2D eigenvalue weighted by molar-refractivity contribution is 5.82. The van der Waals surface area contributed by atoms with Crippen molar-refractivity contribution in [3.63, 3.8) is 0 Å². The van der Waals surface area contributed by atoms with E-state index < -0.39 is 12.0 Å². The highest BCUT2D eigenvalue weighted by atomic mass is 16.5. The number of hydrogen-bond donors (Lipinski definition) is 2. The van der Waals surface area contributed by atoms with Gasteiger partial charge in [0.05, 0.1) is 6.61 Å². The number of nitrogens with zero attached hydrogens (tertiary/aromatic N) is 1. The van der Waals surface area contributed by atoms with E-state index in [2.05, 4.69) is 5.32 Å². The average molecular weight is 284 g/mol. The van der Waals surface area contributed by atoms with Gasteiger partial charge in [0.25, 0.3) is 0 Å². The van der Waals surface area contributed by atoms with Crippen LogP contribution in [0.15, 0.2) is 0 Å². The summed E-state index contributed by atoms with van der Waals surface area (Å²) < 4.78 is 5.44. The SMILES string of the molecule is O=C(O)C1CCCCCN1C(=O)NCCOCC1CC1. The van der Waals surface area contributed by atoms with Gasteiger partial charge < -0.3 is 20.1 Å². The van der Waals surface area contributed by atoms with Gasteiger partial charge in [-0.15, -0.1) is 0 Å². The van der Waals surface area contributed by atoms with Crippen LogP contribution < -0.4 is 5.32 Å². The third-order valence-electron chi connectivity index (χ3n) is 3.87. The molecule has 1 saturated carbocycles. The molecule has 1 aliphatic carbocycles. The lowest BCUT2D eigenvalue weighted by atomic mass is 10.1. The van der Waals surface area contributed by atoms with Crippen molar-refractivity contribution in [1.82, 2.24) is 10.2 Å². The molecule has 0 bridgehead atoms. The van der Waals surface area contributed by atoms with Gasteiger partial charge in [0.1, 0.15) is 6.04 Å². The van der Waals surface area contributed by atoms with E-state index in [9.17, 15) is 14.7 Å². The number of carboxylic acids is 1. The van der Waals surface area contributed by atoms with Gasteiger partial charge >= 0.3 is 12.0 Å². The van der Waals surface area contributed by atoms with Gasteiger partial charge in [-0.25, -0.2) is 9.59 Å². The molecule has 2 aliphatic rings. The highest BCUT2D eigenvalue weighted by Crippen LogP contribution is 2.28. The van der Waals surface area contributed by atoms with Crippen molar-refractivity contribution < 1.29 is 19.4 Å². The third-order valence-corrected chi connectivity index (χ3v) is 3.87. The predicted octanol–water partition coefficient (Wildman–Crippen LogP) is 1.45. The van der Waals surface area contributed by atoms with E-state index in [-0.39, 0.29) is 6.03 Å². The first kappa shape index (κ1) is 15.1. The summed E-state index contributed by atoms with van der Waals surface area (Å²) in [6.45, 7) is 2.23. The summed E-state index contributed by atoms with van der Waals surface area (Å²) in [7, 11) is 0. The summed E-state index contributed by atoms with van der Waals surface area (Å²) in [5.74, 6) is -0.195. The van der Waals surface area contributed by atoms with Crippen LogP contribution >= 0.6 is 0 Å². The number of hydrogen-bond acceptors (Lipinski definition) is 3. The van der Waals surface area contributed by atoms with Crippen LogP contribution in [-0.2, 0) is 9.53 Å². The minimum Gasteiger partial charge on any atom is -0.480 e. The lowest BCUT2D eigenvalue weighted by Crippen LogP contribution is -2.49. The second-order valence-corrected chi connectivity index (χ2v) is 5.65. The normalized spacial score (nSPS) is 23.2. The predicted molar refractivity (Wildman–Crippen MR) is 73.5 cm³/mol. The Kier molecular flexibility index (Phi) is 5.64. The summed E-state index contributed by atoms with van der Waals surface area (Å²) in [5, 5.41) is 12.0. The lowest BCUT2D eigenvalue weighted by molar-refractivity contribution is -0.142. The van der Waals surface area contributed by atoms with Crippen molar-refractivity contribution in [3.05, 3.63) is 0 Å². The van der Waals surface area contributed by atoms with Crippen LogP contribution in [0.1, 0.15) is 38.5 Å². The Morgan fingerprint density at radius 1 is 1.20 bits per heavy atom. The molecule has 1 unspecified atom stereocenters. The molecule has 2 rings (SSSR count). The van der Waals surface area contributed by atoms with Gasteiger partial charge in [-0.2, -0.15) is 0 Å². The summed E-state index contributed by atoms with van der Waals surface area (Å²) >= 11 is 0. The van der Waals surface area contributed by atoms with Crippen LogP contribution in [0.4, 0.5) is 4.79 Å². The number of ether oxygens (including phenoxy) is 1. The molecule has 1 aliphatic heterocycles. The quantitative estimate of drug-likeness (QED) is 0.724. The first-order valence-corrected chi connectivity index (χ1v) is 7.53. The Morgan fingerprint density at radius 2 is 2.00 bits per heavy atom. The molecule has 1 heterocycles. The Morgan fingerprint density at radius 3 is 2.70 bits per heavy atom. The van der Waals surface area contributed by atoms with Crippen LogP contribution in [-0.4, -0.2) is 54.4 Å². The Balaban J connectivity index is 1.71. The van der Waals surface area contributed by atoms with Gasteiger partial charge in [0, 0.05) is 19.7 Å². The topological polar surface area (TPSA) is 78.9 Å². The molecular weight excluding hydrogens is 260 g/mol. The van der Waals surface area contributed by atoms with E-state index in [1.165, 1.54) is 17.7 Å². The number of aliphatic carboxylic acids is 1. The number of nitrogens with one attached hydrogen (secondary N) is 1. The zero-order valence-electron chi connectivity index (χ0n) is 11.8. The highest BCUT2D eigenvalue weighted by Gasteiger charge is 2.30. The van der Waals surface area contributed by atoms with Crippen LogP contribution in [0.3, 0.4) is 0 Å². The number of rotatable bonds is 6. The van der Waals surface area contributed by atoms with Crippen LogP contribution in [0.25, 0.3) is 0 Å². The number of likely N-dealkylation sites (tertiary alicyclic amines) is 1. The van der Waals surface area contributed by atoms with E-state index in [1.807, 2.05) is 0 Å². The molecule has 6 heteroatoms. The molecule has 1 atom stereocenters. The van der Waals surface area contributed by atoms with E-state index in [0.29, 0.717) is 32.0 Å². The van der Waals surface area contributed by atoms with Crippen molar-refractivity contribution in [2.24, 2.45) is 5.92 Å². The number of carbonyl (C=O) groups is 2. The fourth-order valence-corrected chi connectivity index (χ4v) is 2.47. The molecule has 0 aromatic rings. The molecule has 2 amide bonds. The minimum absolute atomic E-state index is 0.283. The Hall–Kier alpha value is -1.30. The maximum atomic E-state index is 12.1. The van der Waals surface area contributed by atoms with Crippen molar-refractivity contribution in [3.8, 4) is 0 Å². The molecule has 114 valence electrons. The summed E-state index contributed by atoms with van der Waals surface area (Å²) in [5.41, 5.74) is 0. The van der Waals surface area contributed by atoms with E-state index >= 15 is 0 Å². The smallest absolute Gasteiger partial charge is 0.326 e. The Bertz CT molecular complexity index is 344. The van der Waals surface area contributed by atoms with E-state index in [0.717, 1.165) is 25.9 Å². The zero-order valence-corrected chi connectivity index (χ0v) is 11.8. The van der Waals surface area contributed by atoms with Gasteiger partial charge in [-0.1, -0.05) is 12.8 Å². The standard InChI is InChI=1S/C14H24N2O4/c17-13(18)12-4-2-1-3-8-16(12)14(19)15-7-9-20-10-11-5-6-11/h11-12H,1-10H2,(H,15,19)(H,17,18). The largest absolute Gasteiger partial charge is 0.480 e. The monoisotopic (exact) mass is 284 g/mol. The molecule has 0 spiro atoms. The fraction of sp³-hybridized carbons (Fsp3) is 0.857. The van der Waals surface area contributed by atoms with E-state index in [1.54, 1.807) is 0 Å². The molecule has 20 heavy (non-hydrogen) atoms. The molecule has 0 aromatic carbocycles. The average Bonchev–Trinajstić information content (AvgIpc) is 3.23. The van der Waals surface area contributed by atoms with Crippen molar-refractivity contribution in [2.75, 3.05) is 26.3 Å². The molecule has 1 saturated heterocycles. The summed E-state index contributed by atoms with van der Waals surface area (Å²) in [4.78, 5) is 24.8. The molecule has 6 nitrogen and oxygen atoms in total. The number of carbonyl (C=O) groups excluding carboxylic acids is 1. The second kappa shape index (κ2) is 7.47. The van der Waals surface area contributed by atoms with Crippen molar-refractivity contribution >= 4 is 12.0 Å². The van der Waals surface area contributed by atoms with Crippen molar-refractivity contribution in [1.29, 1.82) is 0 Å². The van der Waals surface area contributed by atoms with Crippen LogP contribution in [0.5, 0.6) is 0 Å².